The Balaban J connectivity index is 4.16. The third kappa shape index (κ3) is 4.49. The van der Waals surface area contributed by atoms with Gasteiger partial charge in [0.2, 0.25) is 0 Å². The molecule has 0 unspecified atom stereocenters. The molecule has 3 nitrogen and oxygen atoms in total. The largest absolute Gasteiger partial charge is 0.473 e. The number of halogens is 3. The Morgan fingerprint density at radius 1 is 1.31 bits per heavy atom. The van der Waals surface area contributed by atoms with Crippen LogP contribution in [0.25, 0.3) is 0 Å². The monoisotopic (exact) mass is 196 g/mol. The van der Waals surface area contributed by atoms with E-state index in [4.69, 9.17) is 0 Å². The first-order chi connectivity index (χ1) is 5.91. The van der Waals surface area contributed by atoms with E-state index in [1.807, 2.05) is 0 Å². The molecule has 0 aromatic rings. The molecule has 6 heteroatoms. The lowest BCUT2D eigenvalue weighted by Crippen LogP contribution is -2.34. The summed E-state index contributed by atoms with van der Waals surface area (Å²) in [5.41, 5.74) is 1.97. The van der Waals surface area contributed by atoms with Crippen LogP contribution in [0.15, 0.2) is 5.10 Å². The number of nitrogens with zero attached hydrogens (tertiary/aromatic N) is 1. The van der Waals surface area contributed by atoms with E-state index in [0.717, 1.165) is 0 Å². The van der Waals surface area contributed by atoms with Crippen molar-refractivity contribution in [3.05, 3.63) is 0 Å². The van der Waals surface area contributed by atoms with Crippen molar-refractivity contribution in [2.45, 2.75) is 32.9 Å². The zero-order valence-electron chi connectivity index (χ0n) is 7.40. The maximum absolute atomic E-state index is 11.6. The Labute approximate surface area is 74.0 Å². The van der Waals surface area contributed by atoms with Gasteiger partial charge in [0.1, 0.15) is 0 Å². The molecule has 0 heterocycles. The van der Waals surface area contributed by atoms with Crippen molar-refractivity contribution in [2.75, 3.05) is 0 Å². The van der Waals surface area contributed by atoms with Crippen LogP contribution in [0.4, 0.5) is 13.2 Å². The van der Waals surface area contributed by atoms with Crippen LogP contribution in [0.2, 0.25) is 0 Å². The third-order valence-corrected chi connectivity index (χ3v) is 1.39. The number of amides is 1. The maximum atomic E-state index is 11.6. The summed E-state index contributed by atoms with van der Waals surface area (Å²) in [5.74, 6) is -2.04. The molecule has 0 bridgehead atoms. The highest BCUT2D eigenvalue weighted by Gasteiger charge is 2.38. The van der Waals surface area contributed by atoms with Gasteiger partial charge >= 0.3 is 12.1 Å². The summed E-state index contributed by atoms with van der Waals surface area (Å²) in [5, 5.41) is 3.32. The molecule has 13 heavy (non-hydrogen) atoms. The number of alkyl halides is 3. The van der Waals surface area contributed by atoms with Gasteiger partial charge in [-0.05, 0) is 12.8 Å². The zero-order valence-corrected chi connectivity index (χ0v) is 7.40. The normalized spacial score (nSPS) is 10.8. The number of nitrogens with one attached hydrogen (secondary N) is 1. The van der Waals surface area contributed by atoms with Crippen molar-refractivity contribution in [3.63, 3.8) is 0 Å². The lowest BCUT2D eigenvalue weighted by molar-refractivity contribution is -0.173. The van der Waals surface area contributed by atoms with Crippen LogP contribution < -0.4 is 5.43 Å². The summed E-state index contributed by atoms with van der Waals surface area (Å²) in [6.45, 7) is 3.50. The summed E-state index contributed by atoms with van der Waals surface area (Å²) >= 11 is 0. The van der Waals surface area contributed by atoms with Gasteiger partial charge in [0, 0.05) is 5.71 Å². The maximum Gasteiger partial charge on any atom is 0.473 e. The molecule has 0 aliphatic heterocycles. The van der Waals surface area contributed by atoms with E-state index >= 15 is 0 Å². The fraction of sp³-hybridized carbons (Fsp3) is 0.714. The SMILES string of the molecule is CCC(CC)=NNC(=O)C(F)(F)F. The van der Waals surface area contributed by atoms with E-state index in [2.05, 4.69) is 5.10 Å². The summed E-state index contributed by atoms with van der Waals surface area (Å²) in [4.78, 5) is 10.3. The first-order valence-corrected chi connectivity index (χ1v) is 3.84. The Morgan fingerprint density at radius 3 is 2.08 bits per heavy atom. The molecule has 0 atom stereocenters. The fourth-order valence-corrected chi connectivity index (χ4v) is 0.601. The molecule has 0 rings (SSSR count). The van der Waals surface area contributed by atoms with Gasteiger partial charge < -0.3 is 0 Å². The summed E-state index contributed by atoms with van der Waals surface area (Å²) in [6, 6.07) is 0. The van der Waals surface area contributed by atoms with Gasteiger partial charge in [0.05, 0.1) is 0 Å². The predicted octanol–water partition coefficient (Wildman–Crippen LogP) is 1.84. The van der Waals surface area contributed by atoms with Crippen LogP contribution in [0.5, 0.6) is 0 Å². The topological polar surface area (TPSA) is 41.5 Å². The second-order valence-electron chi connectivity index (χ2n) is 2.32. The zero-order chi connectivity index (χ0) is 10.5. The first-order valence-electron chi connectivity index (χ1n) is 3.84. The van der Waals surface area contributed by atoms with Gasteiger partial charge in [-0.1, -0.05) is 13.8 Å². The van der Waals surface area contributed by atoms with E-state index in [-0.39, 0.29) is 0 Å². The average molecular weight is 196 g/mol. The Bertz CT molecular complexity index is 204. The van der Waals surface area contributed by atoms with Crippen molar-refractivity contribution in [3.8, 4) is 0 Å². The Kier molecular flexibility index (Phi) is 4.44. The molecule has 1 amide bonds. The van der Waals surface area contributed by atoms with Crippen LogP contribution in [0.3, 0.4) is 0 Å². The molecule has 0 aromatic heterocycles. The molecule has 0 aliphatic carbocycles. The summed E-state index contributed by atoms with van der Waals surface area (Å²) in [7, 11) is 0. The van der Waals surface area contributed by atoms with Gasteiger partial charge in [-0.2, -0.15) is 18.3 Å². The Morgan fingerprint density at radius 2 is 1.77 bits per heavy atom. The lowest BCUT2D eigenvalue weighted by Gasteiger charge is -2.04. The molecule has 0 saturated heterocycles. The van der Waals surface area contributed by atoms with Gasteiger partial charge in [-0.15, -0.1) is 0 Å². The van der Waals surface area contributed by atoms with Crippen molar-refractivity contribution in [2.24, 2.45) is 5.10 Å². The smallest absolute Gasteiger partial charge is 0.263 e. The average Bonchev–Trinajstić information content (AvgIpc) is 2.04. The number of hydrogen-bond donors (Lipinski definition) is 1. The fourth-order valence-electron chi connectivity index (χ4n) is 0.601. The van der Waals surface area contributed by atoms with Gasteiger partial charge in [-0.3, -0.25) is 4.79 Å². The first kappa shape index (κ1) is 11.9. The van der Waals surface area contributed by atoms with Crippen molar-refractivity contribution in [1.82, 2.24) is 5.43 Å². The molecule has 0 spiro atoms. The molecular formula is C7H11F3N2O. The number of rotatable bonds is 3. The van der Waals surface area contributed by atoms with E-state index in [9.17, 15) is 18.0 Å². The number of hydrazone groups is 1. The van der Waals surface area contributed by atoms with E-state index in [1.54, 1.807) is 13.8 Å². The molecule has 0 fully saturated rings. The molecule has 0 aromatic carbocycles. The third-order valence-electron chi connectivity index (χ3n) is 1.39. The number of carbonyl (C=O) groups excluding carboxylic acids is 1. The van der Waals surface area contributed by atoms with Crippen LogP contribution in [0.1, 0.15) is 26.7 Å². The standard InChI is InChI=1S/C7H11F3N2O/c1-3-5(4-2)11-12-6(13)7(8,9)10/h3-4H2,1-2H3,(H,12,13). The van der Waals surface area contributed by atoms with E-state index < -0.39 is 12.1 Å². The highest BCUT2D eigenvalue weighted by Crippen LogP contribution is 2.13. The second kappa shape index (κ2) is 4.84. The number of carbonyl (C=O) groups is 1. The van der Waals surface area contributed by atoms with E-state index in [1.165, 1.54) is 5.43 Å². The van der Waals surface area contributed by atoms with Crippen LogP contribution >= 0.6 is 0 Å². The molecule has 76 valence electrons. The lowest BCUT2D eigenvalue weighted by atomic mass is 10.2. The minimum Gasteiger partial charge on any atom is -0.263 e. The minimum absolute atomic E-state index is 0.522. The molecular weight excluding hydrogens is 185 g/mol. The quantitative estimate of drug-likeness (QED) is 0.543. The molecule has 0 radical (unpaired) electrons. The van der Waals surface area contributed by atoms with Crippen LogP contribution in [-0.4, -0.2) is 17.8 Å². The highest BCUT2D eigenvalue weighted by molar-refractivity contribution is 5.87. The molecule has 0 saturated carbocycles. The molecule has 0 aliphatic rings. The minimum atomic E-state index is -4.86. The van der Waals surface area contributed by atoms with E-state index in [0.29, 0.717) is 18.6 Å². The van der Waals surface area contributed by atoms with Gasteiger partial charge in [0.15, 0.2) is 0 Å². The highest BCUT2D eigenvalue weighted by atomic mass is 19.4. The number of hydrogen-bond acceptors (Lipinski definition) is 2. The Hall–Kier alpha value is -1.07. The summed E-state index contributed by atoms with van der Waals surface area (Å²) < 4.78 is 34.9. The van der Waals surface area contributed by atoms with Crippen LogP contribution in [-0.2, 0) is 4.79 Å². The van der Waals surface area contributed by atoms with Crippen molar-refractivity contribution in [1.29, 1.82) is 0 Å². The predicted molar refractivity (Wildman–Crippen MR) is 42.2 cm³/mol. The summed E-state index contributed by atoms with van der Waals surface area (Å²) in [6.07, 6.45) is -3.82. The van der Waals surface area contributed by atoms with Crippen LogP contribution in [0, 0.1) is 0 Å². The molecule has 1 N–H and O–H groups in total. The van der Waals surface area contributed by atoms with Crippen molar-refractivity contribution >= 4 is 11.6 Å². The van der Waals surface area contributed by atoms with Gasteiger partial charge in [0.25, 0.3) is 0 Å². The van der Waals surface area contributed by atoms with Gasteiger partial charge in [-0.25, -0.2) is 5.43 Å². The van der Waals surface area contributed by atoms with Crippen molar-refractivity contribution < 1.29 is 18.0 Å². The second-order valence-corrected chi connectivity index (χ2v) is 2.32.